The Hall–Kier alpha value is -1.10. The van der Waals surface area contributed by atoms with Gasteiger partial charge < -0.3 is 14.5 Å². The highest BCUT2D eigenvalue weighted by Gasteiger charge is 2.08. The quantitative estimate of drug-likeness (QED) is 0.0826. The van der Waals surface area contributed by atoms with Crippen LogP contribution in [0.15, 0.2) is 0 Å². The number of carbonyl (C=O) groups excluding carboxylic acids is 2. The summed E-state index contributed by atoms with van der Waals surface area (Å²) in [6, 6.07) is 0. The van der Waals surface area contributed by atoms with E-state index in [1.165, 1.54) is 103 Å². The molecule has 214 valence electrons. The summed E-state index contributed by atoms with van der Waals surface area (Å²) in [4.78, 5) is 27.8. The second-order valence-corrected chi connectivity index (χ2v) is 10.8. The molecule has 1 amide bonds. The Morgan fingerprint density at radius 1 is 0.556 bits per heavy atom. The van der Waals surface area contributed by atoms with Crippen molar-refractivity contribution >= 4 is 11.9 Å². The molecule has 0 fully saturated rings. The minimum atomic E-state index is -0.0124. The molecule has 36 heavy (non-hydrogen) atoms. The molecule has 0 saturated carbocycles. The second kappa shape index (κ2) is 26.9. The third-order valence-electron chi connectivity index (χ3n) is 7.20. The maximum Gasteiger partial charge on any atom is 0.305 e. The molecule has 0 aliphatic carbocycles. The summed E-state index contributed by atoms with van der Waals surface area (Å²) in [5, 5.41) is 0. The Balaban J connectivity index is 3.84. The first kappa shape index (κ1) is 34.9. The predicted molar refractivity (Wildman–Crippen MR) is 154 cm³/mol. The van der Waals surface area contributed by atoms with Crippen LogP contribution >= 0.6 is 0 Å². The molecule has 0 unspecified atom stereocenters. The number of unbranched alkanes of at least 4 members (excludes halogenated alkanes) is 15. The predicted octanol–water partition coefficient (Wildman–Crippen LogP) is 8.15. The number of rotatable bonds is 27. The first-order valence-electron chi connectivity index (χ1n) is 15.6. The average Bonchev–Trinajstić information content (AvgIpc) is 2.86. The molecule has 0 atom stereocenters. The number of amides is 1. The fourth-order valence-corrected chi connectivity index (χ4v) is 4.59. The molecule has 5 heteroatoms. The van der Waals surface area contributed by atoms with Gasteiger partial charge in [0.1, 0.15) is 0 Å². The Morgan fingerprint density at radius 3 is 1.53 bits per heavy atom. The Morgan fingerprint density at radius 2 is 1.00 bits per heavy atom. The van der Waals surface area contributed by atoms with Gasteiger partial charge >= 0.3 is 5.97 Å². The summed E-state index contributed by atoms with van der Waals surface area (Å²) >= 11 is 0. The van der Waals surface area contributed by atoms with E-state index >= 15 is 0 Å². The van der Waals surface area contributed by atoms with Gasteiger partial charge in [-0.1, -0.05) is 104 Å². The van der Waals surface area contributed by atoms with Gasteiger partial charge in [-0.25, -0.2) is 0 Å². The fraction of sp³-hybridized carbons (Fsp3) is 0.935. The summed E-state index contributed by atoms with van der Waals surface area (Å²) in [6.45, 7) is 11.0. The summed E-state index contributed by atoms with van der Waals surface area (Å²) in [7, 11) is 1.89. The zero-order chi connectivity index (χ0) is 26.7. The van der Waals surface area contributed by atoms with E-state index in [4.69, 9.17) is 4.74 Å². The largest absolute Gasteiger partial charge is 0.466 e. The van der Waals surface area contributed by atoms with E-state index in [-0.39, 0.29) is 11.9 Å². The van der Waals surface area contributed by atoms with Crippen molar-refractivity contribution in [2.45, 2.75) is 149 Å². The summed E-state index contributed by atoms with van der Waals surface area (Å²) in [5.74, 6) is 0.140. The van der Waals surface area contributed by atoms with Crippen molar-refractivity contribution in [3.63, 3.8) is 0 Å². The molecule has 0 N–H and O–H groups in total. The molecule has 0 aliphatic rings. The Kier molecular flexibility index (Phi) is 26.1. The normalized spacial score (nSPS) is 11.2. The first-order valence-corrected chi connectivity index (χ1v) is 15.6. The molecule has 0 aliphatic heterocycles. The van der Waals surface area contributed by atoms with E-state index in [1.807, 2.05) is 11.9 Å². The fourth-order valence-electron chi connectivity index (χ4n) is 4.59. The van der Waals surface area contributed by atoms with Gasteiger partial charge in [0.15, 0.2) is 0 Å². The van der Waals surface area contributed by atoms with Gasteiger partial charge in [0, 0.05) is 26.9 Å². The standard InChI is InChI=1S/C31H62N2O3/c1-5-7-9-11-13-18-22-29-36-31(35)24-19-15-14-17-21-27-33(26-20-16-12-10-8-6-2)28-23-25-32(4)30(3)34/h5-29H2,1-4H3. The van der Waals surface area contributed by atoms with Gasteiger partial charge in [0.2, 0.25) is 5.91 Å². The SMILES string of the molecule is CCCCCCCCCOC(=O)CCCCCCCN(CCCCCCCC)CCCN(C)C(C)=O. The molecule has 5 nitrogen and oxygen atoms in total. The van der Waals surface area contributed by atoms with Crippen LogP contribution in [0, 0.1) is 0 Å². The number of hydrogen-bond donors (Lipinski definition) is 0. The number of nitrogens with zero attached hydrogens (tertiary/aromatic N) is 2. The van der Waals surface area contributed by atoms with Crippen molar-refractivity contribution in [3.8, 4) is 0 Å². The molecular formula is C31H62N2O3. The monoisotopic (exact) mass is 510 g/mol. The lowest BCUT2D eigenvalue weighted by Crippen LogP contribution is -2.31. The van der Waals surface area contributed by atoms with Crippen molar-refractivity contribution in [1.82, 2.24) is 9.80 Å². The third kappa shape index (κ3) is 24.6. The van der Waals surface area contributed by atoms with Crippen molar-refractivity contribution < 1.29 is 14.3 Å². The number of ether oxygens (including phenoxy) is 1. The minimum Gasteiger partial charge on any atom is -0.466 e. The van der Waals surface area contributed by atoms with E-state index in [2.05, 4.69) is 18.7 Å². The highest BCUT2D eigenvalue weighted by molar-refractivity contribution is 5.72. The van der Waals surface area contributed by atoms with E-state index in [9.17, 15) is 9.59 Å². The van der Waals surface area contributed by atoms with Crippen molar-refractivity contribution in [2.24, 2.45) is 0 Å². The van der Waals surface area contributed by atoms with Gasteiger partial charge in [-0.05, 0) is 51.7 Å². The van der Waals surface area contributed by atoms with E-state index < -0.39 is 0 Å². The van der Waals surface area contributed by atoms with Crippen LogP contribution in [0.3, 0.4) is 0 Å². The van der Waals surface area contributed by atoms with Crippen LogP contribution in [-0.4, -0.2) is 61.5 Å². The van der Waals surface area contributed by atoms with Crippen molar-refractivity contribution in [1.29, 1.82) is 0 Å². The topological polar surface area (TPSA) is 49.9 Å². The van der Waals surface area contributed by atoms with E-state index in [1.54, 1.807) is 6.92 Å². The highest BCUT2D eigenvalue weighted by Crippen LogP contribution is 2.11. The lowest BCUT2D eigenvalue weighted by atomic mass is 10.1. The summed E-state index contributed by atoms with van der Waals surface area (Å²) in [5.41, 5.74) is 0. The zero-order valence-electron chi connectivity index (χ0n) is 24.8. The molecule has 0 aromatic heterocycles. The molecule has 0 aromatic carbocycles. The molecule has 0 heterocycles. The smallest absolute Gasteiger partial charge is 0.305 e. The van der Waals surface area contributed by atoms with Crippen LogP contribution in [-0.2, 0) is 14.3 Å². The number of hydrogen-bond acceptors (Lipinski definition) is 4. The summed E-state index contributed by atoms with van der Waals surface area (Å²) in [6.07, 6.45) is 24.1. The zero-order valence-corrected chi connectivity index (χ0v) is 24.8. The van der Waals surface area contributed by atoms with Gasteiger partial charge in [-0.2, -0.15) is 0 Å². The van der Waals surface area contributed by atoms with Crippen LogP contribution in [0.4, 0.5) is 0 Å². The van der Waals surface area contributed by atoms with Crippen molar-refractivity contribution in [3.05, 3.63) is 0 Å². The molecule has 0 bridgehead atoms. The van der Waals surface area contributed by atoms with Crippen LogP contribution in [0.25, 0.3) is 0 Å². The Bertz CT molecular complexity index is 498. The lowest BCUT2D eigenvalue weighted by molar-refractivity contribution is -0.143. The molecule has 0 aromatic rings. The molecular weight excluding hydrogens is 448 g/mol. The third-order valence-corrected chi connectivity index (χ3v) is 7.20. The molecule has 0 saturated heterocycles. The van der Waals surface area contributed by atoms with Crippen LogP contribution in [0.2, 0.25) is 0 Å². The minimum absolute atomic E-state index is 0.0124. The van der Waals surface area contributed by atoms with Crippen LogP contribution in [0.1, 0.15) is 149 Å². The van der Waals surface area contributed by atoms with Gasteiger partial charge in [-0.15, -0.1) is 0 Å². The van der Waals surface area contributed by atoms with Crippen LogP contribution < -0.4 is 0 Å². The maximum absolute atomic E-state index is 11.9. The van der Waals surface area contributed by atoms with E-state index in [0.29, 0.717) is 13.0 Å². The van der Waals surface area contributed by atoms with E-state index in [0.717, 1.165) is 45.3 Å². The number of esters is 1. The molecule has 0 spiro atoms. The van der Waals surface area contributed by atoms with Crippen molar-refractivity contribution in [2.75, 3.05) is 39.8 Å². The highest BCUT2D eigenvalue weighted by atomic mass is 16.5. The molecule has 0 radical (unpaired) electrons. The second-order valence-electron chi connectivity index (χ2n) is 10.8. The number of carbonyl (C=O) groups is 2. The van der Waals surface area contributed by atoms with Gasteiger partial charge in [-0.3, -0.25) is 9.59 Å². The first-order chi connectivity index (χ1) is 17.5. The Labute approximate surface area is 225 Å². The average molecular weight is 511 g/mol. The molecule has 0 rings (SSSR count). The van der Waals surface area contributed by atoms with Crippen LogP contribution in [0.5, 0.6) is 0 Å². The summed E-state index contributed by atoms with van der Waals surface area (Å²) < 4.78 is 5.40. The maximum atomic E-state index is 11.9. The van der Waals surface area contributed by atoms with Gasteiger partial charge in [0.05, 0.1) is 6.61 Å². The van der Waals surface area contributed by atoms with Gasteiger partial charge in [0.25, 0.3) is 0 Å². The lowest BCUT2D eigenvalue weighted by Gasteiger charge is -2.24.